The lowest BCUT2D eigenvalue weighted by Gasteiger charge is -2.15. The van der Waals surface area contributed by atoms with Gasteiger partial charge in [0.15, 0.2) is 7.28 Å². The lowest BCUT2D eigenvalue weighted by molar-refractivity contribution is 0.757. The topological polar surface area (TPSA) is 0 Å². The average molecular weight is 171 g/mol. The van der Waals surface area contributed by atoms with Gasteiger partial charge in [-0.15, -0.1) is 0 Å². The Kier molecular flexibility index (Phi) is 5.00. The van der Waals surface area contributed by atoms with Gasteiger partial charge in [0, 0.05) is 0 Å². The molecule has 0 unspecified atom stereocenters. The van der Waals surface area contributed by atoms with Crippen molar-refractivity contribution in [2.75, 3.05) is 0 Å². The molecule has 0 saturated carbocycles. The van der Waals surface area contributed by atoms with Crippen LogP contribution in [-0.4, -0.2) is 7.28 Å². The molecule has 1 heteroatoms. The average Bonchev–Trinajstić information content (AvgIpc) is 1.98. The minimum absolute atomic E-state index is 0.144. The van der Waals surface area contributed by atoms with Crippen LogP contribution in [0.15, 0.2) is 36.9 Å². The van der Waals surface area contributed by atoms with Crippen molar-refractivity contribution in [3.05, 3.63) is 36.9 Å². The molecule has 0 aromatic heterocycles. The highest BCUT2D eigenvalue weighted by atomic mass is 14.0. The quantitative estimate of drug-likeness (QED) is 0.340. The van der Waals surface area contributed by atoms with Crippen LogP contribution in [0.3, 0.4) is 0 Å². The monoisotopic (exact) mass is 171 g/mol. The van der Waals surface area contributed by atoms with E-state index in [0.717, 1.165) is 5.47 Å². The van der Waals surface area contributed by atoms with Crippen molar-refractivity contribution in [1.29, 1.82) is 0 Å². The van der Waals surface area contributed by atoms with E-state index >= 15 is 0 Å². The molecule has 0 nitrogen and oxygen atoms in total. The van der Waals surface area contributed by atoms with E-state index in [-0.39, 0.29) is 5.31 Å². The maximum atomic E-state index is 3.65. The predicted octanol–water partition coefficient (Wildman–Crippen LogP) is 3.17. The molecule has 0 N–H and O–H groups in total. The summed E-state index contributed by atoms with van der Waals surface area (Å²) in [4.78, 5) is 0. The Morgan fingerprint density at radius 2 is 1.92 bits per heavy atom. The SMILES string of the molecule is C=CC#C/C([B]C(C)(C)C)=C\C=C. The van der Waals surface area contributed by atoms with Gasteiger partial charge < -0.3 is 0 Å². The van der Waals surface area contributed by atoms with E-state index in [1.807, 2.05) is 6.08 Å². The molecule has 0 fully saturated rings. The molecule has 0 spiro atoms. The van der Waals surface area contributed by atoms with E-state index < -0.39 is 0 Å². The molecule has 0 aliphatic heterocycles. The van der Waals surface area contributed by atoms with Crippen molar-refractivity contribution >= 4 is 7.28 Å². The fourth-order valence-corrected chi connectivity index (χ4v) is 0.854. The van der Waals surface area contributed by atoms with Gasteiger partial charge in [0.05, 0.1) is 0 Å². The largest absolute Gasteiger partial charge is 0.169 e. The Labute approximate surface area is 82.7 Å². The van der Waals surface area contributed by atoms with Gasteiger partial charge in [-0.1, -0.05) is 63.2 Å². The number of rotatable bonds is 2. The second-order valence-electron chi connectivity index (χ2n) is 3.84. The Morgan fingerprint density at radius 1 is 1.31 bits per heavy atom. The number of hydrogen-bond acceptors (Lipinski definition) is 0. The zero-order valence-corrected chi connectivity index (χ0v) is 8.72. The van der Waals surface area contributed by atoms with Gasteiger partial charge in [-0.05, 0) is 11.5 Å². The van der Waals surface area contributed by atoms with Crippen LogP contribution in [0.5, 0.6) is 0 Å². The summed E-state index contributed by atoms with van der Waals surface area (Å²) in [5, 5.41) is 0.144. The molecule has 0 aliphatic rings. The summed E-state index contributed by atoms with van der Waals surface area (Å²) in [6.45, 7) is 13.6. The molecule has 13 heavy (non-hydrogen) atoms. The first-order chi connectivity index (χ1) is 5.99. The van der Waals surface area contributed by atoms with Crippen molar-refractivity contribution in [2.24, 2.45) is 0 Å². The summed E-state index contributed by atoms with van der Waals surface area (Å²) < 4.78 is 0. The summed E-state index contributed by atoms with van der Waals surface area (Å²) in [6, 6.07) is 0. The van der Waals surface area contributed by atoms with Crippen LogP contribution in [0.1, 0.15) is 20.8 Å². The van der Waals surface area contributed by atoms with Crippen molar-refractivity contribution in [3.63, 3.8) is 0 Å². The van der Waals surface area contributed by atoms with Gasteiger partial charge in [-0.25, -0.2) is 0 Å². The second-order valence-corrected chi connectivity index (χ2v) is 3.84. The maximum absolute atomic E-state index is 3.65. The fraction of sp³-hybridized carbons (Fsp3) is 0.333. The zero-order chi connectivity index (χ0) is 10.3. The molecule has 0 amide bonds. The normalized spacial score (nSPS) is 11.2. The smallest absolute Gasteiger partial charge is 0.0991 e. The summed E-state index contributed by atoms with van der Waals surface area (Å²) in [7, 11) is 2.12. The minimum atomic E-state index is 0.144. The molecular formula is C12H16B. The van der Waals surface area contributed by atoms with Crippen molar-refractivity contribution in [2.45, 2.75) is 26.1 Å². The van der Waals surface area contributed by atoms with E-state index in [4.69, 9.17) is 0 Å². The molecule has 0 heterocycles. The van der Waals surface area contributed by atoms with Crippen molar-refractivity contribution < 1.29 is 0 Å². The third-order valence-electron chi connectivity index (χ3n) is 1.20. The van der Waals surface area contributed by atoms with Crippen molar-refractivity contribution in [1.82, 2.24) is 0 Å². The highest BCUT2D eigenvalue weighted by Gasteiger charge is 2.13. The molecule has 0 rings (SSSR count). The van der Waals surface area contributed by atoms with Crippen LogP contribution in [-0.2, 0) is 0 Å². The van der Waals surface area contributed by atoms with Crippen LogP contribution in [0, 0.1) is 11.8 Å². The van der Waals surface area contributed by atoms with Gasteiger partial charge in [-0.2, -0.15) is 0 Å². The van der Waals surface area contributed by atoms with Gasteiger partial charge >= 0.3 is 0 Å². The standard InChI is InChI=1S/C12H16B/c1-6-8-10-11(9-7-2)13-12(3,4)5/h6-7,9H,1-2H2,3-5H3/b11-9+. The summed E-state index contributed by atoms with van der Waals surface area (Å²) in [6.07, 6.45) is 5.24. The van der Waals surface area contributed by atoms with E-state index in [2.05, 4.69) is 53.0 Å². The van der Waals surface area contributed by atoms with Gasteiger partial charge in [0.2, 0.25) is 0 Å². The molecule has 67 valence electrons. The minimum Gasteiger partial charge on any atom is -0.0991 e. The second kappa shape index (κ2) is 5.48. The van der Waals surface area contributed by atoms with E-state index in [1.165, 1.54) is 0 Å². The first-order valence-electron chi connectivity index (χ1n) is 4.30. The lowest BCUT2D eigenvalue weighted by Crippen LogP contribution is -2.10. The molecule has 0 bridgehead atoms. The summed E-state index contributed by atoms with van der Waals surface area (Å²) in [5.41, 5.74) is 0.988. The fourth-order valence-electron chi connectivity index (χ4n) is 0.854. The maximum Gasteiger partial charge on any atom is 0.169 e. The molecule has 1 radical (unpaired) electrons. The lowest BCUT2D eigenvalue weighted by atomic mass is 9.51. The van der Waals surface area contributed by atoms with Gasteiger partial charge in [0.25, 0.3) is 0 Å². The van der Waals surface area contributed by atoms with Gasteiger partial charge in [-0.3, -0.25) is 0 Å². The highest BCUT2D eigenvalue weighted by molar-refractivity contribution is 6.50. The van der Waals surface area contributed by atoms with Gasteiger partial charge in [0.1, 0.15) is 0 Å². The van der Waals surface area contributed by atoms with Crippen LogP contribution in [0.4, 0.5) is 0 Å². The Morgan fingerprint density at radius 3 is 2.31 bits per heavy atom. The van der Waals surface area contributed by atoms with E-state index in [1.54, 1.807) is 12.2 Å². The first-order valence-corrected chi connectivity index (χ1v) is 4.30. The molecular weight excluding hydrogens is 155 g/mol. The summed E-state index contributed by atoms with van der Waals surface area (Å²) in [5.74, 6) is 5.82. The Bertz CT molecular complexity index is 266. The summed E-state index contributed by atoms with van der Waals surface area (Å²) >= 11 is 0. The third kappa shape index (κ3) is 7.21. The van der Waals surface area contributed by atoms with Crippen LogP contribution >= 0.6 is 0 Å². The number of hydrogen-bond donors (Lipinski definition) is 0. The van der Waals surface area contributed by atoms with Crippen LogP contribution in [0.2, 0.25) is 5.31 Å². The Hall–Kier alpha value is -1.16. The van der Waals surface area contributed by atoms with Crippen LogP contribution < -0.4 is 0 Å². The number of allylic oxidation sites excluding steroid dienone is 4. The van der Waals surface area contributed by atoms with E-state index in [0.29, 0.717) is 0 Å². The molecule has 0 aliphatic carbocycles. The Balaban J connectivity index is 4.55. The van der Waals surface area contributed by atoms with Crippen LogP contribution in [0.25, 0.3) is 0 Å². The highest BCUT2D eigenvalue weighted by Crippen LogP contribution is 2.22. The molecule has 0 aromatic carbocycles. The third-order valence-corrected chi connectivity index (χ3v) is 1.20. The predicted molar refractivity (Wildman–Crippen MR) is 61.7 cm³/mol. The molecule has 0 aromatic rings. The first kappa shape index (κ1) is 11.8. The van der Waals surface area contributed by atoms with E-state index in [9.17, 15) is 0 Å². The zero-order valence-electron chi connectivity index (χ0n) is 8.72. The van der Waals surface area contributed by atoms with Crippen molar-refractivity contribution in [3.8, 4) is 11.8 Å². The molecule has 0 atom stereocenters. The molecule has 0 saturated heterocycles.